The highest BCUT2D eigenvalue weighted by Gasteiger charge is 2.32. The third-order valence-electron chi connectivity index (χ3n) is 1.87. The first-order valence-corrected chi connectivity index (χ1v) is 4.08. The quantitative estimate of drug-likeness (QED) is 0.772. The standard InChI is InChI=1S/C9H7F4NO2/c10-6-2-4(7(14)8(15)16)1-5(3-6)9(11,12)13/h1-3,7H,14H2,(H,15,16). The smallest absolute Gasteiger partial charge is 0.416 e. The molecular formula is C9H7F4NO2. The van der Waals surface area contributed by atoms with Gasteiger partial charge in [-0.15, -0.1) is 0 Å². The molecule has 1 rings (SSSR count). The van der Waals surface area contributed by atoms with Gasteiger partial charge in [0.25, 0.3) is 0 Å². The van der Waals surface area contributed by atoms with Gasteiger partial charge in [0, 0.05) is 0 Å². The molecule has 0 saturated heterocycles. The molecule has 7 heteroatoms. The maximum Gasteiger partial charge on any atom is 0.416 e. The number of carboxylic acid groups (broad SMARTS) is 1. The van der Waals surface area contributed by atoms with E-state index in [0.29, 0.717) is 12.1 Å². The van der Waals surface area contributed by atoms with Crippen molar-refractivity contribution in [2.75, 3.05) is 0 Å². The molecule has 0 saturated carbocycles. The minimum atomic E-state index is -4.74. The SMILES string of the molecule is NC(C(=O)O)c1cc(F)cc(C(F)(F)F)c1. The largest absolute Gasteiger partial charge is 0.480 e. The first-order chi connectivity index (χ1) is 7.21. The van der Waals surface area contributed by atoms with E-state index >= 15 is 0 Å². The summed E-state index contributed by atoms with van der Waals surface area (Å²) in [5.41, 5.74) is 3.39. The minimum absolute atomic E-state index is 0.276. The fourth-order valence-electron chi connectivity index (χ4n) is 1.10. The van der Waals surface area contributed by atoms with E-state index in [9.17, 15) is 22.4 Å². The van der Waals surface area contributed by atoms with Crippen molar-refractivity contribution in [1.29, 1.82) is 0 Å². The minimum Gasteiger partial charge on any atom is -0.480 e. The Kier molecular flexibility index (Phi) is 3.18. The van der Waals surface area contributed by atoms with E-state index in [2.05, 4.69) is 0 Å². The number of carboxylic acids is 1. The van der Waals surface area contributed by atoms with E-state index in [-0.39, 0.29) is 6.07 Å². The summed E-state index contributed by atoms with van der Waals surface area (Å²) in [4.78, 5) is 10.4. The van der Waals surface area contributed by atoms with E-state index < -0.39 is 35.1 Å². The van der Waals surface area contributed by atoms with Gasteiger partial charge in [-0.3, -0.25) is 4.79 Å². The molecule has 16 heavy (non-hydrogen) atoms. The monoisotopic (exact) mass is 237 g/mol. The summed E-state index contributed by atoms with van der Waals surface area (Å²) in [6.45, 7) is 0. The summed E-state index contributed by atoms with van der Waals surface area (Å²) in [7, 11) is 0. The molecule has 0 bridgehead atoms. The normalized spacial score (nSPS) is 13.6. The lowest BCUT2D eigenvalue weighted by Crippen LogP contribution is -2.21. The zero-order valence-electron chi connectivity index (χ0n) is 7.75. The number of benzene rings is 1. The average molecular weight is 237 g/mol. The van der Waals surface area contributed by atoms with Crippen LogP contribution in [0, 0.1) is 5.82 Å². The molecule has 3 N–H and O–H groups in total. The Morgan fingerprint density at radius 1 is 1.31 bits per heavy atom. The first-order valence-electron chi connectivity index (χ1n) is 4.08. The molecule has 1 aromatic carbocycles. The van der Waals surface area contributed by atoms with Crippen LogP contribution in [0.5, 0.6) is 0 Å². The van der Waals surface area contributed by atoms with Crippen LogP contribution in [-0.4, -0.2) is 11.1 Å². The highest BCUT2D eigenvalue weighted by Crippen LogP contribution is 2.31. The van der Waals surface area contributed by atoms with Gasteiger partial charge >= 0.3 is 12.1 Å². The predicted octanol–water partition coefficient (Wildman–Crippen LogP) is 1.93. The molecule has 0 fully saturated rings. The van der Waals surface area contributed by atoms with Crippen molar-refractivity contribution in [3.8, 4) is 0 Å². The number of aliphatic carboxylic acids is 1. The lowest BCUT2D eigenvalue weighted by atomic mass is 10.0. The molecule has 1 aromatic rings. The Morgan fingerprint density at radius 2 is 1.88 bits per heavy atom. The van der Waals surface area contributed by atoms with Crippen LogP contribution in [0.1, 0.15) is 17.2 Å². The molecule has 0 amide bonds. The summed E-state index contributed by atoms with van der Waals surface area (Å²) in [6.07, 6.45) is -4.74. The molecule has 3 nitrogen and oxygen atoms in total. The first kappa shape index (κ1) is 12.4. The van der Waals surface area contributed by atoms with Crippen LogP contribution < -0.4 is 5.73 Å². The summed E-state index contributed by atoms with van der Waals surface area (Å²) in [6, 6.07) is -0.231. The molecule has 0 aliphatic heterocycles. The zero-order chi connectivity index (χ0) is 12.5. The summed E-state index contributed by atoms with van der Waals surface area (Å²) >= 11 is 0. The molecule has 0 aliphatic carbocycles. The van der Waals surface area contributed by atoms with Crippen LogP contribution in [0.25, 0.3) is 0 Å². The van der Waals surface area contributed by atoms with E-state index in [1.54, 1.807) is 0 Å². The number of halogens is 4. The number of nitrogens with two attached hydrogens (primary N) is 1. The van der Waals surface area contributed by atoms with Crippen LogP contribution in [0.15, 0.2) is 18.2 Å². The molecule has 1 unspecified atom stereocenters. The Balaban J connectivity index is 3.23. The van der Waals surface area contributed by atoms with Crippen molar-refractivity contribution in [3.05, 3.63) is 35.1 Å². The number of hydrogen-bond acceptors (Lipinski definition) is 2. The molecule has 0 spiro atoms. The van der Waals surface area contributed by atoms with Crippen LogP contribution in [0.4, 0.5) is 17.6 Å². The average Bonchev–Trinajstić information content (AvgIpc) is 2.14. The van der Waals surface area contributed by atoms with Gasteiger partial charge in [0.1, 0.15) is 11.9 Å². The third-order valence-corrected chi connectivity index (χ3v) is 1.87. The van der Waals surface area contributed by atoms with Crippen molar-refractivity contribution >= 4 is 5.97 Å². The fraction of sp³-hybridized carbons (Fsp3) is 0.222. The van der Waals surface area contributed by atoms with Gasteiger partial charge in [-0.1, -0.05) is 0 Å². The molecule has 1 atom stereocenters. The Bertz CT molecular complexity index is 416. The van der Waals surface area contributed by atoms with Crippen molar-refractivity contribution in [2.45, 2.75) is 12.2 Å². The van der Waals surface area contributed by atoms with Gasteiger partial charge in [0.05, 0.1) is 5.56 Å². The van der Waals surface area contributed by atoms with Crippen molar-refractivity contribution < 1.29 is 27.5 Å². The van der Waals surface area contributed by atoms with Gasteiger partial charge in [-0.25, -0.2) is 4.39 Å². The van der Waals surface area contributed by atoms with Gasteiger partial charge in [-0.05, 0) is 23.8 Å². The highest BCUT2D eigenvalue weighted by atomic mass is 19.4. The van der Waals surface area contributed by atoms with E-state index in [1.165, 1.54) is 0 Å². The zero-order valence-corrected chi connectivity index (χ0v) is 7.75. The molecule has 0 radical (unpaired) electrons. The van der Waals surface area contributed by atoms with Gasteiger partial charge in [-0.2, -0.15) is 13.2 Å². The van der Waals surface area contributed by atoms with Crippen molar-refractivity contribution in [2.24, 2.45) is 5.73 Å². The van der Waals surface area contributed by atoms with Crippen LogP contribution in [0.3, 0.4) is 0 Å². The van der Waals surface area contributed by atoms with Crippen molar-refractivity contribution in [3.63, 3.8) is 0 Å². The Hall–Kier alpha value is -1.63. The second kappa shape index (κ2) is 4.09. The fourth-order valence-corrected chi connectivity index (χ4v) is 1.10. The topological polar surface area (TPSA) is 63.3 Å². The maximum atomic E-state index is 12.8. The Morgan fingerprint density at radius 3 is 2.31 bits per heavy atom. The molecular weight excluding hydrogens is 230 g/mol. The van der Waals surface area contributed by atoms with Gasteiger partial charge < -0.3 is 10.8 Å². The molecule has 88 valence electrons. The summed E-state index contributed by atoms with van der Waals surface area (Å²) in [5, 5.41) is 8.49. The van der Waals surface area contributed by atoms with Crippen LogP contribution in [0.2, 0.25) is 0 Å². The van der Waals surface area contributed by atoms with E-state index in [1.807, 2.05) is 0 Å². The summed E-state index contributed by atoms with van der Waals surface area (Å²) in [5.74, 6) is -2.71. The molecule has 0 aliphatic rings. The molecule has 0 aromatic heterocycles. The Labute approximate surface area is 87.5 Å². The maximum absolute atomic E-state index is 12.8. The van der Waals surface area contributed by atoms with Gasteiger partial charge in [0.2, 0.25) is 0 Å². The predicted molar refractivity (Wildman–Crippen MR) is 46.0 cm³/mol. The highest BCUT2D eigenvalue weighted by molar-refractivity contribution is 5.75. The van der Waals surface area contributed by atoms with Crippen molar-refractivity contribution in [1.82, 2.24) is 0 Å². The van der Waals surface area contributed by atoms with Crippen LogP contribution in [-0.2, 0) is 11.0 Å². The van der Waals surface area contributed by atoms with Crippen LogP contribution >= 0.6 is 0 Å². The number of hydrogen-bond donors (Lipinski definition) is 2. The third kappa shape index (κ3) is 2.69. The number of alkyl halides is 3. The number of carbonyl (C=O) groups is 1. The van der Waals surface area contributed by atoms with E-state index in [0.717, 1.165) is 0 Å². The lowest BCUT2D eigenvalue weighted by Gasteiger charge is -2.11. The number of rotatable bonds is 2. The second-order valence-electron chi connectivity index (χ2n) is 3.09. The lowest BCUT2D eigenvalue weighted by molar-refractivity contribution is -0.140. The molecule has 0 heterocycles. The second-order valence-corrected chi connectivity index (χ2v) is 3.09. The summed E-state index contributed by atoms with van der Waals surface area (Å²) < 4.78 is 49.6. The van der Waals surface area contributed by atoms with E-state index in [4.69, 9.17) is 10.8 Å². The van der Waals surface area contributed by atoms with Gasteiger partial charge in [0.15, 0.2) is 0 Å².